The third-order valence-electron chi connectivity index (χ3n) is 2.33. The molecule has 0 spiro atoms. The minimum absolute atomic E-state index is 0.196. The van der Waals surface area contributed by atoms with Crippen molar-refractivity contribution >= 4 is 27.5 Å². The number of pyridine rings is 1. The molecule has 0 saturated carbocycles. The Morgan fingerprint density at radius 1 is 1.56 bits per heavy atom. The van der Waals surface area contributed by atoms with E-state index in [0.717, 1.165) is 10.2 Å². The van der Waals surface area contributed by atoms with E-state index in [1.165, 1.54) is 7.11 Å². The Kier molecular flexibility index (Phi) is 4.04. The van der Waals surface area contributed by atoms with Crippen molar-refractivity contribution in [3.63, 3.8) is 0 Å². The lowest BCUT2D eigenvalue weighted by molar-refractivity contribution is -0.133. The van der Waals surface area contributed by atoms with Gasteiger partial charge in [0.25, 0.3) is 5.91 Å². The summed E-state index contributed by atoms with van der Waals surface area (Å²) in [6.07, 6.45) is 1.60. The van der Waals surface area contributed by atoms with Gasteiger partial charge in [-0.1, -0.05) is 0 Å². The van der Waals surface area contributed by atoms with Crippen LogP contribution in [0.1, 0.15) is 19.4 Å². The number of hydrogen-bond donors (Lipinski definition) is 1. The third-order valence-corrected chi connectivity index (χ3v) is 3.16. The summed E-state index contributed by atoms with van der Waals surface area (Å²) in [5, 5.41) is 2.75. The predicted octanol–water partition coefficient (Wildman–Crippen LogP) is 2.52. The van der Waals surface area contributed by atoms with Gasteiger partial charge in [0.1, 0.15) is 10.2 Å². The first kappa shape index (κ1) is 13.1. The summed E-state index contributed by atoms with van der Waals surface area (Å²) < 4.78 is 5.86. The second-order valence-electron chi connectivity index (χ2n) is 4.00. The summed E-state index contributed by atoms with van der Waals surface area (Å²) >= 11 is 3.30. The molecule has 1 aromatic rings. The lowest BCUT2D eigenvalue weighted by Gasteiger charge is -2.21. The molecule has 16 heavy (non-hydrogen) atoms. The zero-order valence-corrected chi connectivity index (χ0v) is 11.4. The van der Waals surface area contributed by atoms with Gasteiger partial charge in [-0.15, -0.1) is 0 Å². The van der Waals surface area contributed by atoms with Crippen LogP contribution in [-0.2, 0) is 9.53 Å². The fourth-order valence-corrected chi connectivity index (χ4v) is 1.22. The van der Waals surface area contributed by atoms with Crippen LogP contribution in [0.5, 0.6) is 0 Å². The van der Waals surface area contributed by atoms with Gasteiger partial charge in [-0.05, 0) is 48.3 Å². The second kappa shape index (κ2) is 4.93. The molecule has 0 saturated heterocycles. The van der Waals surface area contributed by atoms with E-state index in [0.29, 0.717) is 5.69 Å². The number of nitrogens with zero attached hydrogens (tertiary/aromatic N) is 1. The fraction of sp³-hybridized carbons (Fsp3) is 0.455. The topological polar surface area (TPSA) is 51.2 Å². The molecule has 0 aromatic carbocycles. The molecule has 1 rings (SSSR count). The number of methoxy groups -OCH3 is 1. The van der Waals surface area contributed by atoms with Crippen molar-refractivity contribution in [2.75, 3.05) is 12.4 Å². The normalized spacial score (nSPS) is 11.3. The van der Waals surface area contributed by atoms with E-state index >= 15 is 0 Å². The zero-order chi connectivity index (χ0) is 12.3. The number of halogens is 1. The Morgan fingerprint density at radius 2 is 2.19 bits per heavy atom. The molecule has 1 amide bonds. The second-order valence-corrected chi connectivity index (χ2v) is 4.75. The third kappa shape index (κ3) is 3.02. The van der Waals surface area contributed by atoms with Crippen LogP contribution < -0.4 is 5.32 Å². The van der Waals surface area contributed by atoms with Gasteiger partial charge >= 0.3 is 0 Å². The monoisotopic (exact) mass is 286 g/mol. The van der Waals surface area contributed by atoms with E-state index in [9.17, 15) is 4.79 Å². The Hall–Kier alpha value is -0.940. The molecule has 0 unspecified atom stereocenters. The highest BCUT2D eigenvalue weighted by atomic mass is 79.9. The molecule has 0 bridgehead atoms. The Morgan fingerprint density at radius 3 is 2.69 bits per heavy atom. The average Bonchev–Trinajstić information content (AvgIpc) is 2.23. The molecule has 88 valence electrons. The smallest absolute Gasteiger partial charge is 0.256 e. The van der Waals surface area contributed by atoms with Gasteiger partial charge in [-0.3, -0.25) is 4.79 Å². The number of aryl methyl sites for hydroxylation is 1. The first-order chi connectivity index (χ1) is 7.36. The molecule has 0 aliphatic heterocycles. The highest BCUT2D eigenvalue weighted by molar-refractivity contribution is 9.10. The van der Waals surface area contributed by atoms with Crippen molar-refractivity contribution in [2.24, 2.45) is 0 Å². The van der Waals surface area contributed by atoms with Crippen LogP contribution >= 0.6 is 15.9 Å². The van der Waals surface area contributed by atoms with Gasteiger partial charge in [-0.2, -0.15) is 0 Å². The molecule has 0 aliphatic rings. The minimum Gasteiger partial charge on any atom is -0.369 e. The SMILES string of the molecule is COC(C)(C)C(=O)Nc1cnc(Br)c(C)c1. The van der Waals surface area contributed by atoms with Gasteiger partial charge in [0.15, 0.2) is 0 Å². The van der Waals surface area contributed by atoms with Crippen LogP contribution in [0.15, 0.2) is 16.9 Å². The van der Waals surface area contributed by atoms with E-state index in [1.54, 1.807) is 20.0 Å². The molecule has 1 aromatic heterocycles. The quantitative estimate of drug-likeness (QED) is 0.869. The molecule has 0 atom stereocenters. The van der Waals surface area contributed by atoms with Crippen molar-refractivity contribution in [1.29, 1.82) is 0 Å². The van der Waals surface area contributed by atoms with Gasteiger partial charge in [-0.25, -0.2) is 4.98 Å². The van der Waals surface area contributed by atoms with Gasteiger partial charge in [0.05, 0.1) is 11.9 Å². The lowest BCUT2D eigenvalue weighted by atomic mass is 10.1. The maximum Gasteiger partial charge on any atom is 0.256 e. The summed E-state index contributed by atoms with van der Waals surface area (Å²) in [6, 6.07) is 1.85. The first-order valence-corrected chi connectivity index (χ1v) is 5.65. The van der Waals surface area contributed by atoms with Crippen molar-refractivity contribution in [3.05, 3.63) is 22.4 Å². The number of nitrogens with one attached hydrogen (secondary N) is 1. The number of hydrogen-bond acceptors (Lipinski definition) is 3. The minimum atomic E-state index is -0.846. The van der Waals surface area contributed by atoms with Crippen molar-refractivity contribution < 1.29 is 9.53 Å². The number of carbonyl (C=O) groups is 1. The van der Waals surface area contributed by atoms with E-state index in [4.69, 9.17) is 4.74 Å². The Labute approximate surface area is 104 Å². The summed E-state index contributed by atoms with van der Waals surface area (Å²) in [6.45, 7) is 5.33. The number of aromatic nitrogens is 1. The van der Waals surface area contributed by atoms with Gasteiger partial charge in [0, 0.05) is 7.11 Å². The molecule has 0 fully saturated rings. The maximum absolute atomic E-state index is 11.8. The van der Waals surface area contributed by atoms with E-state index < -0.39 is 5.60 Å². The van der Waals surface area contributed by atoms with Gasteiger partial charge < -0.3 is 10.1 Å². The van der Waals surface area contributed by atoms with Crippen LogP contribution in [-0.4, -0.2) is 23.6 Å². The number of ether oxygens (including phenoxy) is 1. The zero-order valence-electron chi connectivity index (χ0n) is 9.80. The van der Waals surface area contributed by atoms with E-state index in [2.05, 4.69) is 26.2 Å². The molecular formula is C11H15BrN2O2. The van der Waals surface area contributed by atoms with Crippen LogP contribution in [0.2, 0.25) is 0 Å². The standard InChI is InChI=1S/C11H15BrN2O2/c1-7-5-8(6-13-9(7)12)14-10(15)11(2,3)16-4/h5-6H,1-4H3,(H,14,15). The van der Waals surface area contributed by atoms with Crippen LogP contribution in [0.4, 0.5) is 5.69 Å². The van der Waals surface area contributed by atoms with Crippen LogP contribution in [0.3, 0.4) is 0 Å². The molecule has 5 heteroatoms. The molecule has 4 nitrogen and oxygen atoms in total. The summed E-state index contributed by atoms with van der Waals surface area (Å²) in [4.78, 5) is 15.9. The first-order valence-electron chi connectivity index (χ1n) is 4.85. The maximum atomic E-state index is 11.8. The summed E-state index contributed by atoms with van der Waals surface area (Å²) in [7, 11) is 1.50. The molecule has 0 radical (unpaired) electrons. The predicted molar refractivity (Wildman–Crippen MR) is 66.4 cm³/mol. The summed E-state index contributed by atoms with van der Waals surface area (Å²) in [5.74, 6) is -0.196. The molecular weight excluding hydrogens is 272 g/mol. The Bertz CT molecular complexity index is 405. The molecule has 1 N–H and O–H groups in total. The number of amides is 1. The van der Waals surface area contributed by atoms with Crippen LogP contribution in [0, 0.1) is 6.92 Å². The van der Waals surface area contributed by atoms with E-state index in [1.807, 2.05) is 13.0 Å². The largest absolute Gasteiger partial charge is 0.369 e. The highest BCUT2D eigenvalue weighted by Crippen LogP contribution is 2.18. The number of anilines is 1. The van der Waals surface area contributed by atoms with Crippen LogP contribution in [0.25, 0.3) is 0 Å². The molecule has 0 aliphatic carbocycles. The number of rotatable bonds is 3. The summed E-state index contributed by atoms with van der Waals surface area (Å²) in [5.41, 5.74) is 0.782. The Balaban J connectivity index is 2.82. The van der Waals surface area contributed by atoms with E-state index in [-0.39, 0.29) is 5.91 Å². The van der Waals surface area contributed by atoms with Crippen molar-refractivity contribution in [1.82, 2.24) is 4.98 Å². The molecule has 1 heterocycles. The fourth-order valence-electron chi connectivity index (χ4n) is 1.00. The van der Waals surface area contributed by atoms with Crippen molar-refractivity contribution in [2.45, 2.75) is 26.4 Å². The van der Waals surface area contributed by atoms with Crippen molar-refractivity contribution in [3.8, 4) is 0 Å². The lowest BCUT2D eigenvalue weighted by Crippen LogP contribution is -2.38. The van der Waals surface area contributed by atoms with Gasteiger partial charge in [0.2, 0.25) is 0 Å². The highest BCUT2D eigenvalue weighted by Gasteiger charge is 2.26. The average molecular weight is 287 g/mol. The number of carbonyl (C=O) groups excluding carboxylic acids is 1.